The summed E-state index contributed by atoms with van der Waals surface area (Å²) in [7, 11) is 1.05. The third-order valence-electron chi connectivity index (χ3n) is 12.7. The number of ether oxygens (including phenoxy) is 2. The van der Waals surface area contributed by atoms with E-state index in [0.717, 1.165) is 73.8 Å². The minimum Gasteiger partial charge on any atom is -0.490 e. The van der Waals surface area contributed by atoms with E-state index in [0.29, 0.717) is 36.0 Å². The van der Waals surface area contributed by atoms with Gasteiger partial charge in [-0.3, -0.25) is 18.5 Å². The third-order valence-corrected chi connectivity index (χ3v) is 14.4. The molecule has 0 saturated heterocycles. The van der Waals surface area contributed by atoms with Crippen molar-refractivity contribution in [1.82, 2.24) is 15.1 Å². The van der Waals surface area contributed by atoms with Gasteiger partial charge in [0.25, 0.3) is 11.8 Å². The van der Waals surface area contributed by atoms with Gasteiger partial charge in [-0.15, -0.1) is 0 Å². The molecule has 8 atom stereocenters. The van der Waals surface area contributed by atoms with Crippen molar-refractivity contribution in [3.8, 4) is 5.75 Å². The van der Waals surface area contributed by atoms with Crippen molar-refractivity contribution >= 4 is 39.7 Å². The molecule has 3 heterocycles. The number of anilines is 1. The van der Waals surface area contributed by atoms with E-state index in [9.17, 15) is 13.8 Å². The topological polar surface area (TPSA) is 115 Å². The maximum Gasteiger partial charge on any atom is 0.285 e. The maximum atomic E-state index is 14.1. The van der Waals surface area contributed by atoms with Gasteiger partial charge in [0.1, 0.15) is 11.1 Å². The molecule has 9 rings (SSSR count). The molecule has 3 fully saturated rings. The molecule has 4 aliphatic carbocycles. The highest BCUT2D eigenvalue weighted by Gasteiger charge is 2.80. The van der Waals surface area contributed by atoms with Gasteiger partial charge >= 0.3 is 0 Å². The Balaban J connectivity index is 1.09. The van der Waals surface area contributed by atoms with Crippen LogP contribution in [0.5, 0.6) is 5.75 Å². The lowest BCUT2D eigenvalue weighted by Gasteiger charge is -2.41. The predicted molar refractivity (Wildman–Crippen MR) is 201 cm³/mol. The monoisotopic (exact) mass is 743 g/mol. The Morgan fingerprint density at radius 3 is 2.81 bits per heavy atom. The number of aryl methyl sites for hydroxylation is 2. The smallest absolute Gasteiger partial charge is 0.285 e. The average Bonchev–Trinajstić information content (AvgIpc) is 4.07. The lowest BCUT2D eigenvalue weighted by molar-refractivity contribution is 0.0935. The summed E-state index contributed by atoms with van der Waals surface area (Å²) >= 11 is 6.47. The lowest BCUT2D eigenvalue weighted by Crippen LogP contribution is -2.47. The summed E-state index contributed by atoms with van der Waals surface area (Å²) in [4.78, 5) is 30.1. The molecule has 0 radical (unpaired) electrons. The Hall–Kier alpha value is -3.67. The summed E-state index contributed by atoms with van der Waals surface area (Å²) in [5.41, 5.74) is 4.92. The predicted octanol–water partition coefficient (Wildman–Crippen LogP) is 6.23. The zero-order valence-electron chi connectivity index (χ0n) is 29.9. The number of carbonyl (C=O) groups is 2. The Bertz CT molecular complexity index is 2090. The number of methoxy groups -OCH3 is 1. The SMILES string of the molecule is CO[C@H]1/C=C/C[C@H](C)C(NC(=O)c2cn(C)nc2C2CC2)/[SH](=O)=N\C(=O)c2ccc3c(c2)N(CC24CC2[C@@H]14)C[C@@]1(CCCc2cc(Cl)ccc21)CO3. The van der Waals surface area contributed by atoms with Crippen molar-refractivity contribution in [2.45, 2.75) is 74.7 Å². The standard InChI is InChI=1S/C40H46ClN5O5S/c1-23-6-4-8-33(50-3)34-30-18-40(30,34)21-46-20-39(15-5-7-25-16-27(41)12-13-29(25)39)22-51-32-14-11-26(17-31(32)46)36(47)44-52(49)38(23)42-37(48)28-19-45(2)43-35(28)24-9-10-24/h4,8,11-14,16-17,19,23-24,30,33-34,38,52H,5-7,9-10,15,18,20-22H2,1-3H3,(H,42,48)/b8-4+/t23-,30?,33-,34-,38?,39-,40?/m0/s1. The minimum absolute atomic E-state index is 0.0519. The molecule has 4 unspecified atom stereocenters. The molecule has 2 spiro atoms. The van der Waals surface area contributed by atoms with Crippen LogP contribution in [0, 0.1) is 23.2 Å². The van der Waals surface area contributed by atoms with Crippen molar-refractivity contribution in [3.63, 3.8) is 0 Å². The first-order valence-corrected chi connectivity index (χ1v) is 20.3. The molecule has 274 valence electrons. The van der Waals surface area contributed by atoms with Crippen molar-refractivity contribution < 1.29 is 23.3 Å². The zero-order chi connectivity index (χ0) is 35.9. The van der Waals surface area contributed by atoms with Gasteiger partial charge in [0, 0.05) is 55.4 Å². The quantitative estimate of drug-likeness (QED) is 0.241. The molecule has 1 aromatic heterocycles. The average molecular weight is 744 g/mol. The molecule has 2 amide bonds. The first-order valence-electron chi connectivity index (χ1n) is 18.7. The first kappa shape index (κ1) is 34.1. The van der Waals surface area contributed by atoms with E-state index in [1.165, 1.54) is 11.1 Å². The number of nitrogens with zero attached hydrogens (tertiary/aromatic N) is 4. The number of hydrogen-bond donors (Lipinski definition) is 2. The summed E-state index contributed by atoms with van der Waals surface area (Å²) in [6.45, 7) is 4.05. The molecule has 3 aromatic rings. The van der Waals surface area contributed by atoms with Crippen LogP contribution in [0.3, 0.4) is 0 Å². The van der Waals surface area contributed by atoms with Crippen LogP contribution in [0.25, 0.3) is 0 Å². The number of nitrogens with one attached hydrogen (secondary N) is 1. The number of fused-ring (bicyclic) bond motifs is 4. The number of carbonyl (C=O) groups excluding carboxylic acids is 2. The maximum absolute atomic E-state index is 14.1. The highest BCUT2D eigenvalue weighted by molar-refractivity contribution is 7.76. The molecule has 2 aliphatic heterocycles. The molecular weight excluding hydrogens is 698 g/mol. The van der Waals surface area contributed by atoms with Crippen LogP contribution < -0.4 is 15.0 Å². The van der Waals surface area contributed by atoms with Crippen LogP contribution in [0.15, 0.2) is 59.1 Å². The second-order valence-electron chi connectivity index (χ2n) is 16.2. The highest BCUT2D eigenvalue weighted by atomic mass is 35.5. The van der Waals surface area contributed by atoms with Crippen LogP contribution in [0.4, 0.5) is 5.69 Å². The molecule has 2 aromatic carbocycles. The third kappa shape index (κ3) is 5.87. The number of benzene rings is 2. The van der Waals surface area contributed by atoms with E-state index >= 15 is 0 Å². The number of amides is 2. The van der Waals surface area contributed by atoms with E-state index < -0.39 is 21.9 Å². The van der Waals surface area contributed by atoms with Crippen LogP contribution in [-0.4, -0.2) is 64.1 Å². The van der Waals surface area contributed by atoms with Gasteiger partial charge in [0.05, 0.1) is 40.3 Å². The van der Waals surface area contributed by atoms with Gasteiger partial charge in [0.15, 0.2) is 0 Å². The van der Waals surface area contributed by atoms with Gasteiger partial charge in [-0.25, -0.2) is 0 Å². The van der Waals surface area contributed by atoms with Crippen molar-refractivity contribution in [1.29, 1.82) is 0 Å². The van der Waals surface area contributed by atoms with Crippen molar-refractivity contribution in [3.05, 3.63) is 87.7 Å². The molecule has 52 heavy (non-hydrogen) atoms. The summed E-state index contributed by atoms with van der Waals surface area (Å²) in [6, 6.07) is 11.7. The Morgan fingerprint density at radius 2 is 2.02 bits per heavy atom. The number of thiol groups is 1. The lowest BCUT2D eigenvalue weighted by atomic mass is 9.70. The highest BCUT2D eigenvalue weighted by Crippen LogP contribution is 2.81. The molecule has 10 nitrogen and oxygen atoms in total. The Kier molecular flexibility index (Phi) is 8.35. The van der Waals surface area contributed by atoms with Gasteiger partial charge in [-0.2, -0.15) is 9.46 Å². The summed E-state index contributed by atoms with van der Waals surface area (Å²) in [5, 5.41) is 7.45. The van der Waals surface area contributed by atoms with Gasteiger partial charge in [0.2, 0.25) is 0 Å². The second kappa shape index (κ2) is 12.7. The molecule has 12 heteroatoms. The van der Waals surface area contributed by atoms with E-state index in [-0.39, 0.29) is 34.7 Å². The number of halogens is 1. The fourth-order valence-electron chi connectivity index (χ4n) is 9.57. The van der Waals surface area contributed by atoms with Crippen LogP contribution >= 0.6 is 11.6 Å². The Morgan fingerprint density at radius 1 is 1.17 bits per heavy atom. The van der Waals surface area contributed by atoms with E-state index in [2.05, 4.69) is 44.0 Å². The minimum atomic E-state index is -2.53. The van der Waals surface area contributed by atoms with Gasteiger partial charge < -0.3 is 19.7 Å². The number of rotatable bonds is 4. The summed E-state index contributed by atoms with van der Waals surface area (Å²) in [5.74, 6) is 0.769. The molecular formula is C40H46ClN5O5S. The van der Waals surface area contributed by atoms with E-state index in [4.69, 9.17) is 21.1 Å². The van der Waals surface area contributed by atoms with Crippen LogP contribution in [0.2, 0.25) is 5.02 Å². The molecule has 6 aliphatic rings. The van der Waals surface area contributed by atoms with Crippen LogP contribution in [0.1, 0.15) is 88.9 Å². The number of hydrogen-bond acceptors (Lipinski definition) is 7. The second-order valence-corrected chi connectivity index (χ2v) is 18.0. The van der Waals surface area contributed by atoms with E-state index in [1.807, 2.05) is 25.1 Å². The number of aromatic nitrogens is 2. The zero-order valence-corrected chi connectivity index (χ0v) is 31.5. The Labute approximate surface area is 311 Å². The van der Waals surface area contributed by atoms with Gasteiger partial charge in [-0.1, -0.05) is 36.7 Å². The van der Waals surface area contributed by atoms with Crippen molar-refractivity contribution in [2.75, 3.05) is 31.7 Å². The van der Waals surface area contributed by atoms with Crippen LogP contribution in [-0.2, 0) is 34.2 Å². The van der Waals surface area contributed by atoms with E-state index in [1.54, 1.807) is 31.1 Å². The normalized spacial score (nSPS) is 34.5. The summed E-state index contributed by atoms with van der Waals surface area (Å²) in [6.07, 6.45) is 12.6. The number of allylic oxidation sites excluding steroid dienone is 1. The molecule has 1 N–H and O–H groups in total. The molecule has 3 saturated carbocycles. The van der Waals surface area contributed by atoms with Crippen molar-refractivity contribution in [2.24, 2.45) is 34.6 Å². The largest absolute Gasteiger partial charge is 0.490 e. The first-order chi connectivity index (χ1) is 25.1. The fraction of sp³-hybridized carbons (Fsp3) is 0.525. The fourth-order valence-corrected chi connectivity index (χ4v) is 11.0. The van der Waals surface area contributed by atoms with Gasteiger partial charge in [-0.05, 0) is 110 Å². The molecule has 2 bridgehead atoms. The summed E-state index contributed by atoms with van der Waals surface area (Å²) < 4.78 is 32.8.